The first-order chi connectivity index (χ1) is 9.42. The van der Waals surface area contributed by atoms with Crippen LogP contribution in [0, 0.1) is 0 Å². The van der Waals surface area contributed by atoms with Gasteiger partial charge in [0.05, 0.1) is 13.0 Å². The van der Waals surface area contributed by atoms with E-state index in [0.29, 0.717) is 11.6 Å². The van der Waals surface area contributed by atoms with E-state index in [1.807, 2.05) is 32.9 Å². The highest BCUT2D eigenvalue weighted by Gasteiger charge is 2.16. The van der Waals surface area contributed by atoms with Crippen molar-refractivity contribution in [3.05, 3.63) is 34.9 Å². The van der Waals surface area contributed by atoms with Crippen molar-refractivity contribution in [3.8, 4) is 0 Å². The Morgan fingerprint density at radius 1 is 1.25 bits per heavy atom. The molecule has 0 saturated carbocycles. The molecule has 0 aliphatic carbocycles. The van der Waals surface area contributed by atoms with Crippen LogP contribution >= 0.6 is 11.6 Å². The molecule has 0 aromatic heterocycles. The van der Waals surface area contributed by atoms with Gasteiger partial charge in [0, 0.05) is 17.6 Å². The molecule has 1 aromatic carbocycles. The van der Waals surface area contributed by atoms with Crippen molar-refractivity contribution < 1.29 is 9.59 Å². The Bertz CT molecular complexity index is 457. The lowest BCUT2D eigenvalue weighted by molar-refractivity contribution is -0.135. The number of nitrogens with zero attached hydrogens (tertiary/aromatic N) is 1. The summed E-state index contributed by atoms with van der Waals surface area (Å²) in [5.74, 6) is -0.194. The molecular weight excluding hydrogens is 276 g/mol. The lowest BCUT2D eigenvalue weighted by Crippen LogP contribution is -2.43. The number of carbonyl (C=O) groups excluding carboxylic acids is 2. The Hall–Kier alpha value is -1.55. The third-order valence-electron chi connectivity index (χ3n) is 2.79. The highest BCUT2D eigenvalue weighted by atomic mass is 35.5. The van der Waals surface area contributed by atoms with Crippen molar-refractivity contribution in [3.63, 3.8) is 0 Å². The number of hydrogen-bond acceptors (Lipinski definition) is 2. The van der Waals surface area contributed by atoms with Crippen LogP contribution in [0.4, 0.5) is 0 Å². The second-order valence-corrected chi connectivity index (χ2v) is 5.37. The van der Waals surface area contributed by atoms with Crippen LogP contribution < -0.4 is 5.32 Å². The average Bonchev–Trinajstić information content (AvgIpc) is 2.37. The SMILES string of the molecule is CCN(CC(=O)NC(C)C)C(=O)Cc1ccc(Cl)cc1. The summed E-state index contributed by atoms with van der Waals surface area (Å²) >= 11 is 5.81. The van der Waals surface area contributed by atoms with E-state index < -0.39 is 0 Å². The van der Waals surface area contributed by atoms with E-state index in [4.69, 9.17) is 11.6 Å². The molecule has 5 heteroatoms. The number of likely N-dealkylation sites (N-methyl/N-ethyl adjacent to an activating group) is 1. The second kappa shape index (κ2) is 7.90. The van der Waals surface area contributed by atoms with Gasteiger partial charge in [0.15, 0.2) is 0 Å². The molecule has 0 aliphatic rings. The topological polar surface area (TPSA) is 49.4 Å². The van der Waals surface area contributed by atoms with Gasteiger partial charge in [-0.05, 0) is 38.5 Å². The van der Waals surface area contributed by atoms with E-state index in [0.717, 1.165) is 5.56 Å². The predicted molar refractivity (Wildman–Crippen MR) is 80.7 cm³/mol. The number of halogens is 1. The van der Waals surface area contributed by atoms with Crippen LogP contribution in [0.15, 0.2) is 24.3 Å². The fourth-order valence-corrected chi connectivity index (χ4v) is 1.93. The van der Waals surface area contributed by atoms with Crippen LogP contribution in [-0.2, 0) is 16.0 Å². The largest absolute Gasteiger partial charge is 0.352 e. The third kappa shape index (κ3) is 5.61. The molecule has 4 nitrogen and oxygen atoms in total. The molecule has 2 amide bonds. The van der Waals surface area contributed by atoms with Gasteiger partial charge < -0.3 is 10.2 Å². The first-order valence-corrected chi connectivity index (χ1v) is 7.11. The van der Waals surface area contributed by atoms with Crippen molar-refractivity contribution in [2.24, 2.45) is 0 Å². The lowest BCUT2D eigenvalue weighted by Gasteiger charge is -2.21. The summed E-state index contributed by atoms with van der Waals surface area (Å²) in [5.41, 5.74) is 0.891. The number of carbonyl (C=O) groups is 2. The number of amides is 2. The molecule has 20 heavy (non-hydrogen) atoms. The highest BCUT2D eigenvalue weighted by molar-refractivity contribution is 6.30. The third-order valence-corrected chi connectivity index (χ3v) is 3.04. The maximum atomic E-state index is 12.2. The van der Waals surface area contributed by atoms with Crippen LogP contribution in [0.1, 0.15) is 26.3 Å². The molecule has 0 atom stereocenters. The van der Waals surface area contributed by atoms with E-state index in [2.05, 4.69) is 5.32 Å². The van der Waals surface area contributed by atoms with E-state index in [9.17, 15) is 9.59 Å². The summed E-state index contributed by atoms with van der Waals surface area (Å²) < 4.78 is 0. The van der Waals surface area contributed by atoms with E-state index in [-0.39, 0.29) is 30.8 Å². The summed E-state index contributed by atoms with van der Waals surface area (Å²) in [7, 11) is 0. The fourth-order valence-electron chi connectivity index (χ4n) is 1.81. The molecule has 0 radical (unpaired) electrons. The zero-order valence-electron chi connectivity index (χ0n) is 12.1. The Kier molecular flexibility index (Phi) is 6.52. The van der Waals surface area contributed by atoms with E-state index in [1.165, 1.54) is 0 Å². The van der Waals surface area contributed by atoms with E-state index >= 15 is 0 Å². The van der Waals surface area contributed by atoms with Crippen LogP contribution in [0.3, 0.4) is 0 Å². The Morgan fingerprint density at radius 2 is 1.85 bits per heavy atom. The number of benzene rings is 1. The first kappa shape index (κ1) is 16.5. The zero-order chi connectivity index (χ0) is 15.1. The molecule has 0 unspecified atom stereocenters. The smallest absolute Gasteiger partial charge is 0.239 e. The minimum absolute atomic E-state index is 0.0614. The summed E-state index contributed by atoms with van der Waals surface area (Å²) in [6.07, 6.45) is 0.278. The normalized spacial score (nSPS) is 10.4. The maximum absolute atomic E-state index is 12.2. The monoisotopic (exact) mass is 296 g/mol. The number of hydrogen-bond donors (Lipinski definition) is 1. The number of rotatable bonds is 6. The fraction of sp³-hybridized carbons (Fsp3) is 0.467. The molecular formula is C15H21ClN2O2. The van der Waals surface area contributed by atoms with E-state index in [1.54, 1.807) is 17.0 Å². The minimum Gasteiger partial charge on any atom is -0.352 e. The molecule has 0 spiro atoms. The Balaban J connectivity index is 2.58. The lowest BCUT2D eigenvalue weighted by atomic mass is 10.1. The van der Waals surface area contributed by atoms with Crippen molar-refractivity contribution in [2.45, 2.75) is 33.2 Å². The molecule has 0 heterocycles. The molecule has 1 N–H and O–H groups in total. The molecule has 0 fully saturated rings. The maximum Gasteiger partial charge on any atom is 0.239 e. The average molecular weight is 297 g/mol. The molecule has 1 aromatic rings. The first-order valence-electron chi connectivity index (χ1n) is 6.74. The van der Waals surface area contributed by atoms with Crippen LogP contribution in [0.5, 0.6) is 0 Å². The van der Waals surface area contributed by atoms with Gasteiger partial charge in [-0.3, -0.25) is 9.59 Å². The van der Waals surface area contributed by atoms with Crippen LogP contribution in [0.25, 0.3) is 0 Å². The van der Waals surface area contributed by atoms with Gasteiger partial charge in [-0.2, -0.15) is 0 Å². The van der Waals surface area contributed by atoms with Crippen molar-refractivity contribution in [1.82, 2.24) is 10.2 Å². The predicted octanol–water partition coefficient (Wildman–Crippen LogP) is 2.26. The quantitative estimate of drug-likeness (QED) is 0.875. The Morgan fingerprint density at radius 3 is 2.35 bits per heavy atom. The van der Waals surface area contributed by atoms with Crippen LogP contribution in [0.2, 0.25) is 5.02 Å². The molecule has 110 valence electrons. The highest BCUT2D eigenvalue weighted by Crippen LogP contribution is 2.10. The van der Waals surface area contributed by atoms with Gasteiger partial charge in [-0.1, -0.05) is 23.7 Å². The standard InChI is InChI=1S/C15H21ClN2O2/c1-4-18(10-14(19)17-11(2)3)15(20)9-12-5-7-13(16)8-6-12/h5-8,11H,4,9-10H2,1-3H3,(H,17,19). The number of nitrogens with one attached hydrogen (secondary N) is 1. The summed E-state index contributed by atoms with van der Waals surface area (Å²) in [6, 6.07) is 7.23. The van der Waals surface area contributed by atoms with Crippen LogP contribution in [-0.4, -0.2) is 35.8 Å². The van der Waals surface area contributed by atoms with Gasteiger partial charge in [0.2, 0.25) is 11.8 Å². The van der Waals surface area contributed by atoms with Gasteiger partial charge in [0.25, 0.3) is 0 Å². The molecule has 0 bridgehead atoms. The van der Waals surface area contributed by atoms with Gasteiger partial charge in [-0.15, -0.1) is 0 Å². The van der Waals surface area contributed by atoms with Gasteiger partial charge >= 0.3 is 0 Å². The molecule has 1 rings (SSSR count). The van der Waals surface area contributed by atoms with Gasteiger partial charge in [0.1, 0.15) is 0 Å². The molecule has 0 aliphatic heterocycles. The zero-order valence-corrected chi connectivity index (χ0v) is 12.9. The minimum atomic E-state index is -0.133. The van der Waals surface area contributed by atoms with Crippen molar-refractivity contribution in [2.75, 3.05) is 13.1 Å². The Labute approximate surface area is 125 Å². The second-order valence-electron chi connectivity index (χ2n) is 4.93. The summed E-state index contributed by atoms with van der Waals surface area (Å²) in [4.78, 5) is 25.4. The summed E-state index contributed by atoms with van der Waals surface area (Å²) in [6.45, 7) is 6.26. The van der Waals surface area contributed by atoms with Crippen molar-refractivity contribution in [1.29, 1.82) is 0 Å². The van der Waals surface area contributed by atoms with Crippen molar-refractivity contribution >= 4 is 23.4 Å². The summed E-state index contributed by atoms with van der Waals surface area (Å²) in [5, 5.41) is 3.43. The molecule has 0 saturated heterocycles. The van der Waals surface area contributed by atoms with Gasteiger partial charge in [-0.25, -0.2) is 0 Å².